The Hall–Kier alpha value is -1.83. The van der Waals surface area contributed by atoms with E-state index in [0.29, 0.717) is 44.7 Å². The van der Waals surface area contributed by atoms with E-state index in [0.717, 1.165) is 12.1 Å². The summed E-state index contributed by atoms with van der Waals surface area (Å²) in [5.74, 6) is 0.136. The van der Waals surface area contributed by atoms with Crippen molar-refractivity contribution in [3.63, 3.8) is 0 Å². The van der Waals surface area contributed by atoms with E-state index in [4.69, 9.17) is 4.74 Å². The largest absolute Gasteiger partial charge is 0.461 e. The van der Waals surface area contributed by atoms with Gasteiger partial charge in [-0.2, -0.15) is 13.2 Å². The number of likely N-dealkylation sites (N-methyl/N-ethyl adjacent to an activating group) is 1. The van der Waals surface area contributed by atoms with Gasteiger partial charge in [-0.05, 0) is 39.1 Å². The molecule has 0 saturated carbocycles. The maximum Gasteiger partial charge on any atom is 0.416 e. The highest BCUT2D eigenvalue weighted by Gasteiger charge is 2.50. The Morgan fingerprint density at radius 1 is 1.36 bits per heavy atom. The fourth-order valence-corrected chi connectivity index (χ4v) is 3.69. The smallest absolute Gasteiger partial charge is 0.416 e. The van der Waals surface area contributed by atoms with Gasteiger partial charge < -0.3 is 14.5 Å². The molecule has 3 heterocycles. The Morgan fingerprint density at radius 2 is 2.04 bits per heavy atom. The average molecular weight is 357 g/mol. The highest BCUT2D eigenvalue weighted by atomic mass is 19.4. The van der Waals surface area contributed by atoms with Gasteiger partial charge in [0.15, 0.2) is 0 Å². The Morgan fingerprint density at radius 3 is 2.64 bits per heavy atom. The highest BCUT2D eigenvalue weighted by molar-refractivity contribution is 5.79. The molecule has 8 heteroatoms. The summed E-state index contributed by atoms with van der Waals surface area (Å²) in [5.41, 5.74) is -1.21. The van der Waals surface area contributed by atoms with Gasteiger partial charge in [-0.15, -0.1) is 0 Å². The van der Waals surface area contributed by atoms with Crippen molar-refractivity contribution in [1.82, 2.24) is 9.88 Å². The molecular formula is C17H22F3N3O2. The minimum atomic E-state index is -4.39. The Bertz CT molecular complexity index is 640. The van der Waals surface area contributed by atoms with Gasteiger partial charge >= 0.3 is 12.1 Å². The molecule has 2 aliphatic rings. The van der Waals surface area contributed by atoms with Crippen molar-refractivity contribution < 1.29 is 22.7 Å². The Kier molecular flexibility index (Phi) is 4.66. The molecule has 25 heavy (non-hydrogen) atoms. The summed E-state index contributed by atoms with van der Waals surface area (Å²) in [4.78, 5) is 20.2. The van der Waals surface area contributed by atoms with E-state index >= 15 is 0 Å². The molecule has 1 atom stereocenters. The minimum absolute atomic E-state index is 0.110. The summed E-state index contributed by atoms with van der Waals surface area (Å²) in [6.07, 6.45) is -1.49. The molecule has 2 saturated heterocycles. The predicted octanol–water partition coefficient (Wildman–Crippen LogP) is 2.56. The first-order valence-corrected chi connectivity index (χ1v) is 8.34. The minimum Gasteiger partial charge on any atom is -0.461 e. The van der Waals surface area contributed by atoms with Crippen molar-refractivity contribution in [2.45, 2.75) is 31.5 Å². The molecule has 3 rings (SSSR count). The van der Waals surface area contributed by atoms with Crippen molar-refractivity contribution in [3.05, 3.63) is 23.9 Å². The lowest BCUT2D eigenvalue weighted by atomic mass is 9.76. The fourth-order valence-electron chi connectivity index (χ4n) is 3.69. The number of carbonyl (C=O) groups excluding carboxylic acids is 1. The van der Waals surface area contributed by atoms with E-state index < -0.39 is 17.2 Å². The second kappa shape index (κ2) is 6.48. The number of alkyl halides is 3. The van der Waals surface area contributed by atoms with Gasteiger partial charge in [-0.1, -0.05) is 0 Å². The van der Waals surface area contributed by atoms with E-state index in [1.165, 1.54) is 6.20 Å². The number of ether oxygens (including phenoxy) is 1. The van der Waals surface area contributed by atoms with Crippen LogP contribution in [0.5, 0.6) is 0 Å². The SMILES string of the molecule is CN(C)CC1CC2(CCN(c3cc(C(F)(F)F)ccn3)CC2)C(=O)O1. The lowest BCUT2D eigenvalue weighted by molar-refractivity contribution is -0.150. The number of halogens is 3. The van der Waals surface area contributed by atoms with Gasteiger partial charge in [-0.3, -0.25) is 4.79 Å². The van der Waals surface area contributed by atoms with Crippen molar-refractivity contribution >= 4 is 11.8 Å². The first kappa shape index (κ1) is 18.0. The summed E-state index contributed by atoms with van der Waals surface area (Å²) in [6.45, 7) is 1.68. The number of hydrogen-bond donors (Lipinski definition) is 0. The molecule has 1 aromatic heterocycles. The van der Waals surface area contributed by atoms with E-state index in [1.807, 2.05) is 23.9 Å². The standard InChI is InChI=1S/C17H22F3N3O2/c1-22(2)11-13-10-16(15(24)25-13)4-7-23(8-5-16)14-9-12(3-6-21-14)17(18,19)20/h3,6,9,13H,4-5,7-8,10-11H2,1-2H3. The molecule has 1 unspecified atom stereocenters. The number of piperidine rings is 1. The number of rotatable bonds is 3. The summed E-state index contributed by atoms with van der Waals surface area (Å²) in [5, 5.41) is 0. The first-order chi connectivity index (χ1) is 11.7. The molecule has 1 aromatic rings. The molecule has 0 N–H and O–H groups in total. The van der Waals surface area contributed by atoms with Gasteiger partial charge in [0.2, 0.25) is 0 Å². The molecule has 0 amide bonds. The number of anilines is 1. The van der Waals surface area contributed by atoms with Gasteiger partial charge in [0, 0.05) is 32.3 Å². The molecule has 5 nitrogen and oxygen atoms in total. The molecule has 0 radical (unpaired) electrons. The van der Waals surface area contributed by atoms with Crippen LogP contribution in [0.4, 0.5) is 19.0 Å². The zero-order valence-corrected chi connectivity index (χ0v) is 14.3. The third-order valence-electron chi connectivity index (χ3n) is 5.01. The normalized spacial score (nSPS) is 23.4. The van der Waals surface area contributed by atoms with E-state index in [9.17, 15) is 18.0 Å². The van der Waals surface area contributed by atoms with Crippen LogP contribution in [0.3, 0.4) is 0 Å². The molecule has 0 bridgehead atoms. The summed E-state index contributed by atoms with van der Waals surface area (Å²) in [7, 11) is 3.86. The maximum atomic E-state index is 12.9. The van der Waals surface area contributed by atoms with Crippen LogP contribution in [0.1, 0.15) is 24.8 Å². The molecule has 2 fully saturated rings. The van der Waals surface area contributed by atoms with Crippen LogP contribution >= 0.6 is 0 Å². The third-order valence-corrected chi connectivity index (χ3v) is 5.01. The van der Waals surface area contributed by atoms with Crippen LogP contribution in [0, 0.1) is 5.41 Å². The molecular weight excluding hydrogens is 335 g/mol. The third kappa shape index (κ3) is 3.73. The predicted molar refractivity (Wildman–Crippen MR) is 86.2 cm³/mol. The summed E-state index contributed by atoms with van der Waals surface area (Å²) < 4.78 is 44.1. The molecule has 1 spiro atoms. The second-order valence-corrected chi connectivity index (χ2v) is 7.16. The number of aromatic nitrogens is 1. The van der Waals surface area contributed by atoms with Gasteiger partial charge in [0.05, 0.1) is 11.0 Å². The molecule has 0 aromatic carbocycles. The quantitative estimate of drug-likeness (QED) is 0.778. The van der Waals surface area contributed by atoms with Crippen LogP contribution in [0.2, 0.25) is 0 Å². The summed E-state index contributed by atoms with van der Waals surface area (Å²) >= 11 is 0. The average Bonchev–Trinajstić information content (AvgIpc) is 2.82. The van der Waals surface area contributed by atoms with Crippen LogP contribution in [0.25, 0.3) is 0 Å². The van der Waals surface area contributed by atoms with Gasteiger partial charge in [0.25, 0.3) is 0 Å². The number of cyclic esters (lactones) is 1. The van der Waals surface area contributed by atoms with Crippen molar-refractivity contribution in [2.75, 3.05) is 38.6 Å². The van der Waals surface area contributed by atoms with E-state index in [-0.39, 0.29) is 12.1 Å². The van der Waals surface area contributed by atoms with E-state index in [2.05, 4.69) is 4.98 Å². The number of nitrogens with zero attached hydrogens (tertiary/aromatic N) is 3. The fraction of sp³-hybridized carbons (Fsp3) is 0.647. The highest BCUT2D eigenvalue weighted by Crippen LogP contribution is 2.44. The topological polar surface area (TPSA) is 45.7 Å². The number of pyridine rings is 1. The van der Waals surface area contributed by atoms with Gasteiger partial charge in [-0.25, -0.2) is 4.98 Å². The monoisotopic (exact) mass is 357 g/mol. The zero-order chi connectivity index (χ0) is 18.2. The zero-order valence-electron chi connectivity index (χ0n) is 14.3. The maximum absolute atomic E-state index is 12.9. The molecule has 138 valence electrons. The molecule has 2 aliphatic heterocycles. The van der Waals surface area contributed by atoms with Crippen LogP contribution in [-0.4, -0.2) is 55.7 Å². The lowest BCUT2D eigenvalue weighted by Gasteiger charge is -2.37. The van der Waals surface area contributed by atoms with Crippen molar-refractivity contribution in [1.29, 1.82) is 0 Å². The van der Waals surface area contributed by atoms with Crippen LogP contribution < -0.4 is 4.90 Å². The lowest BCUT2D eigenvalue weighted by Crippen LogP contribution is -2.43. The van der Waals surface area contributed by atoms with Crippen LogP contribution in [0.15, 0.2) is 18.3 Å². The number of hydrogen-bond acceptors (Lipinski definition) is 5. The summed E-state index contributed by atoms with van der Waals surface area (Å²) in [6, 6.07) is 2.04. The van der Waals surface area contributed by atoms with E-state index in [1.54, 1.807) is 0 Å². The van der Waals surface area contributed by atoms with Crippen LogP contribution in [-0.2, 0) is 15.7 Å². The van der Waals surface area contributed by atoms with Gasteiger partial charge in [0.1, 0.15) is 11.9 Å². The van der Waals surface area contributed by atoms with Crippen molar-refractivity contribution in [3.8, 4) is 0 Å². The Balaban J connectivity index is 1.67. The number of esters is 1. The molecule has 0 aliphatic carbocycles. The first-order valence-electron chi connectivity index (χ1n) is 8.34. The Labute approximate surface area is 144 Å². The second-order valence-electron chi connectivity index (χ2n) is 7.16. The number of carbonyl (C=O) groups is 1. The van der Waals surface area contributed by atoms with Crippen molar-refractivity contribution in [2.24, 2.45) is 5.41 Å².